The molecule has 0 saturated heterocycles. The summed E-state index contributed by atoms with van der Waals surface area (Å²) in [5.41, 5.74) is 3.17. The number of rotatable bonds is 7. The molecule has 7 heteroatoms. The molecular formula is C27H36N4O2Si. The third kappa shape index (κ3) is 4.57. The second kappa shape index (κ2) is 8.75. The maximum Gasteiger partial charge on any atom is 0.255 e. The summed E-state index contributed by atoms with van der Waals surface area (Å²) in [6.07, 6.45) is 7.74. The van der Waals surface area contributed by atoms with Gasteiger partial charge in [-0.3, -0.25) is 9.36 Å². The van der Waals surface area contributed by atoms with Crippen LogP contribution in [-0.4, -0.2) is 40.4 Å². The van der Waals surface area contributed by atoms with Crippen molar-refractivity contribution in [2.75, 3.05) is 11.5 Å². The highest BCUT2D eigenvalue weighted by atomic mass is 28.3. The second-order valence-corrected chi connectivity index (χ2v) is 17.0. The Bertz CT molecular complexity index is 1320. The molecule has 0 atom stereocenters. The summed E-state index contributed by atoms with van der Waals surface area (Å²) in [6.45, 7) is 17.4. The largest absolute Gasteiger partial charge is 0.361 e. The van der Waals surface area contributed by atoms with Crippen molar-refractivity contribution in [2.24, 2.45) is 0 Å². The third-order valence-corrected chi connectivity index (χ3v) is 8.17. The summed E-state index contributed by atoms with van der Waals surface area (Å²) in [6, 6.07) is 8.96. The van der Waals surface area contributed by atoms with Crippen molar-refractivity contribution in [2.45, 2.75) is 78.2 Å². The van der Waals surface area contributed by atoms with Crippen molar-refractivity contribution in [1.82, 2.24) is 14.1 Å². The van der Waals surface area contributed by atoms with Gasteiger partial charge in [0.25, 0.3) is 5.56 Å². The number of fused-ring (bicyclic) bond motifs is 2. The fraction of sp³-hybridized carbons (Fsp3) is 0.481. The van der Waals surface area contributed by atoms with E-state index in [-0.39, 0.29) is 17.1 Å². The number of anilines is 1. The predicted molar refractivity (Wildman–Crippen MR) is 143 cm³/mol. The van der Waals surface area contributed by atoms with Gasteiger partial charge < -0.3 is 14.2 Å². The average molecular weight is 477 g/mol. The number of benzene rings is 1. The van der Waals surface area contributed by atoms with Crippen LogP contribution in [0.15, 0.2) is 35.3 Å². The van der Waals surface area contributed by atoms with Gasteiger partial charge in [-0.25, -0.2) is 4.98 Å². The van der Waals surface area contributed by atoms with E-state index in [1.165, 1.54) is 0 Å². The quantitative estimate of drug-likeness (QED) is 0.268. The van der Waals surface area contributed by atoms with Crippen LogP contribution in [0.1, 0.15) is 33.3 Å². The average Bonchev–Trinajstić information content (AvgIpc) is 3.23. The van der Waals surface area contributed by atoms with Crippen LogP contribution in [-0.2, 0) is 18.0 Å². The van der Waals surface area contributed by atoms with Gasteiger partial charge in [0.2, 0.25) is 5.95 Å². The van der Waals surface area contributed by atoms with Crippen molar-refractivity contribution in [1.29, 1.82) is 0 Å². The monoisotopic (exact) mass is 476 g/mol. The summed E-state index contributed by atoms with van der Waals surface area (Å²) < 4.78 is 9.92. The van der Waals surface area contributed by atoms with Crippen molar-refractivity contribution in [3.63, 3.8) is 0 Å². The fourth-order valence-corrected chi connectivity index (χ4v) is 5.62. The molecule has 0 aliphatic carbocycles. The molecule has 3 aromatic rings. The van der Waals surface area contributed by atoms with E-state index in [1.54, 1.807) is 10.6 Å². The van der Waals surface area contributed by atoms with Crippen LogP contribution in [0.3, 0.4) is 0 Å². The van der Waals surface area contributed by atoms with Crippen molar-refractivity contribution in [3.05, 3.63) is 46.4 Å². The zero-order valence-corrected chi connectivity index (χ0v) is 22.5. The van der Waals surface area contributed by atoms with Gasteiger partial charge in [0.1, 0.15) is 6.73 Å². The molecule has 0 bridgehead atoms. The van der Waals surface area contributed by atoms with Gasteiger partial charge in [-0.05, 0) is 51.9 Å². The lowest BCUT2D eigenvalue weighted by atomic mass is 10.0. The Morgan fingerprint density at radius 3 is 2.62 bits per heavy atom. The maximum absolute atomic E-state index is 13.2. The van der Waals surface area contributed by atoms with Crippen LogP contribution in [0.5, 0.6) is 0 Å². The Kier molecular flexibility index (Phi) is 6.26. The first-order valence-electron chi connectivity index (χ1n) is 12.0. The first-order valence-corrected chi connectivity index (χ1v) is 15.7. The second-order valence-electron chi connectivity index (χ2n) is 11.4. The summed E-state index contributed by atoms with van der Waals surface area (Å²) in [5.74, 6) is 3.46. The molecule has 0 fully saturated rings. The molecule has 1 aliphatic heterocycles. The third-order valence-electron chi connectivity index (χ3n) is 6.47. The van der Waals surface area contributed by atoms with E-state index < -0.39 is 8.07 Å². The SMILES string of the molecule is C#Cc1ccc2c(c1)c(-c1cc(=O)n3c(n1)N(C(C)C)C(C)(C)C3)cn2COCC[Si](C)(C)C. The van der Waals surface area contributed by atoms with Crippen LogP contribution >= 0.6 is 0 Å². The molecule has 180 valence electrons. The van der Waals surface area contributed by atoms with Crippen LogP contribution < -0.4 is 10.5 Å². The number of hydrogen-bond donors (Lipinski definition) is 0. The molecule has 6 nitrogen and oxygen atoms in total. The zero-order chi connectivity index (χ0) is 24.8. The first-order chi connectivity index (χ1) is 15.9. The van der Waals surface area contributed by atoms with E-state index in [4.69, 9.17) is 16.1 Å². The molecule has 34 heavy (non-hydrogen) atoms. The minimum Gasteiger partial charge on any atom is -0.361 e. The standard InChI is InChI=1S/C27H36N4O2Si/c1-9-20-10-11-24-21(14-20)22(16-29(24)18-33-12-13-34(6,7)8)23-15-25(32)30-17-27(4,5)31(19(2)3)26(30)28-23/h1,10-11,14-16,19H,12-13,17-18H2,2-8H3. The molecule has 0 saturated carbocycles. The number of terminal acetylenes is 1. The van der Waals surface area contributed by atoms with Gasteiger partial charge in [0.05, 0.1) is 23.3 Å². The minimum absolute atomic E-state index is 0.0309. The number of ether oxygens (including phenoxy) is 1. The minimum atomic E-state index is -1.16. The molecule has 2 aromatic heterocycles. The fourth-order valence-electron chi connectivity index (χ4n) is 4.87. The van der Waals surface area contributed by atoms with Crippen molar-refractivity contribution < 1.29 is 4.74 Å². The summed E-state index contributed by atoms with van der Waals surface area (Å²) in [7, 11) is -1.16. The lowest BCUT2D eigenvalue weighted by Crippen LogP contribution is -2.45. The van der Waals surface area contributed by atoms with E-state index in [9.17, 15) is 4.79 Å². The Morgan fingerprint density at radius 2 is 1.97 bits per heavy atom. The molecule has 1 aromatic carbocycles. The van der Waals surface area contributed by atoms with Crippen molar-refractivity contribution in [3.8, 4) is 23.6 Å². The van der Waals surface area contributed by atoms with Crippen LogP contribution in [0.4, 0.5) is 5.95 Å². The topological polar surface area (TPSA) is 52.3 Å². The van der Waals surface area contributed by atoms with Crippen molar-refractivity contribution >= 4 is 24.9 Å². The normalized spacial score (nSPS) is 15.2. The highest BCUT2D eigenvalue weighted by molar-refractivity contribution is 6.76. The van der Waals surface area contributed by atoms with E-state index >= 15 is 0 Å². The number of hydrogen-bond acceptors (Lipinski definition) is 4. The molecule has 0 radical (unpaired) electrons. The Hall–Kier alpha value is -2.82. The first kappa shape index (κ1) is 24.3. The Morgan fingerprint density at radius 1 is 1.24 bits per heavy atom. The van der Waals surface area contributed by atoms with E-state index in [1.807, 2.05) is 24.4 Å². The highest BCUT2D eigenvalue weighted by Crippen LogP contribution is 2.36. The lowest BCUT2D eigenvalue weighted by Gasteiger charge is -2.35. The molecule has 0 unspecified atom stereocenters. The van der Waals surface area contributed by atoms with Gasteiger partial charge in [0.15, 0.2) is 0 Å². The van der Waals surface area contributed by atoms with Crippen LogP contribution in [0, 0.1) is 12.3 Å². The van der Waals surface area contributed by atoms with Crippen LogP contribution in [0.2, 0.25) is 25.7 Å². The molecule has 3 heterocycles. The summed E-state index contributed by atoms with van der Waals surface area (Å²) >= 11 is 0. The molecule has 0 amide bonds. The molecular weight excluding hydrogens is 440 g/mol. The Labute approximate surface area is 203 Å². The molecule has 4 rings (SSSR count). The molecule has 0 spiro atoms. The van der Waals surface area contributed by atoms with E-state index in [0.717, 1.165) is 40.6 Å². The van der Waals surface area contributed by atoms with Gasteiger partial charge in [-0.1, -0.05) is 25.6 Å². The number of aromatic nitrogens is 3. The summed E-state index contributed by atoms with van der Waals surface area (Å²) in [4.78, 5) is 20.4. The van der Waals surface area contributed by atoms with Gasteiger partial charge in [-0.15, -0.1) is 6.42 Å². The van der Waals surface area contributed by atoms with Gasteiger partial charge in [0, 0.05) is 49.5 Å². The zero-order valence-electron chi connectivity index (χ0n) is 21.5. The maximum atomic E-state index is 13.2. The molecule has 1 aliphatic rings. The predicted octanol–water partition coefficient (Wildman–Crippen LogP) is 5.17. The lowest BCUT2D eigenvalue weighted by molar-refractivity contribution is 0.0903. The number of nitrogens with zero attached hydrogens (tertiary/aromatic N) is 4. The summed E-state index contributed by atoms with van der Waals surface area (Å²) in [5, 5.41) is 0.981. The van der Waals surface area contributed by atoms with E-state index in [0.29, 0.717) is 19.0 Å². The Balaban J connectivity index is 1.79. The van der Waals surface area contributed by atoms with Crippen LogP contribution in [0.25, 0.3) is 22.2 Å². The smallest absolute Gasteiger partial charge is 0.255 e. The van der Waals surface area contributed by atoms with Gasteiger partial charge >= 0.3 is 0 Å². The highest BCUT2D eigenvalue weighted by Gasteiger charge is 2.39. The van der Waals surface area contributed by atoms with E-state index in [2.05, 4.69) is 62.7 Å². The molecule has 0 N–H and O–H groups in total. The van der Waals surface area contributed by atoms with Gasteiger partial charge in [-0.2, -0.15) is 0 Å².